The second-order valence-electron chi connectivity index (χ2n) is 3.77. The van der Waals surface area contributed by atoms with E-state index in [1.165, 1.54) is 0 Å². The summed E-state index contributed by atoms with van der Waals surface area (Å²) in [5.41, 5.74) is 0.606. The van der Waals surface area contributed by atoms with Gasteiger partial charge in [0.2, 0.25) is 10.0 Å². The van der Waals surface area contributed by atoms with Crippen LogP contribution < -0.4 is 10.5 Å². The molecule has 0 aliphatic carbocycles. The van der Waals surface area contributed by atoms with Crippen LogP contribution in [0.25, 0.3) is 11.0 Å². The monoisotopic (exact) mass is 268 g/mol. The molecule has 7 heteroatoms. The molecule has 0 aliphatic rings. The molecular weight excluding hydrogens is 256 g/mol. The molecule has 6 nitrogen and oxygen atoms in total. The molecule has 0 bridgehead atoms. The van der Waals surface area contributed by atoms with E-state index in [0.29, 0.717) is 5.58 Å². The first-order valence-electron chi connectivity index (χ1n) is 5.23. The van der Waals surface area contributed by atoms with Gasteiger partial charge in [-0.25, -0.2) is 13.6 Å². The molecule has 1 heterocycles. The Kier molecular flexibility index (Phi) is 3.35. The summed E-state index contributed by atoms with van der Waals surface area (Å²) in [5.74, 6) is -0.626. The number of amides is 1. The van der Waals surface area contributed by atoms with Gasteiger partial charge in [-0.3, -0.25) is 4.79 Å². The van der Waals surface area contributed by atoms with Crippen molar-refractivity contribution in [2.45, 2.75) is 0 Å². The minimum atomic E-state index is -3.57. The van der Waals surface area contributed by atoms with E-state index in [-0.39, 0.29) is 18.1 Å². The smallest absolute Gasteiger partial charge is 0.287 e. The first-order chi connectivity index (χ1) is 8.46. The Labute approximate surface area is 104 Å². The molecule has 2 rings (SSSR count). The maximum Gasteiger partial charge on any atom is 0.287 e. The number of primary sulfonamides is 1. The molecule has 0 saturated heterocycles. The Morgan fingerprint density at radius 3 is 2.72 bits per heavy atom. The molecule has 1 aromatic carbocycles. The van der Waals surface area contributed by atoms with E-state index in [0.717, 1.165) is 5.39 Å². The van der Waals surface area contributed by atoms with Crippen molar-refractivity contribution in [3.8, 4) is 0 Å². The van der Waals surface area contributed by atoms with Gasteiger partial charge in [0.15, 0.2) is 5.76 Å². The molecule has 3 N–H and O–H groups in total. The van der Waals surface area contributed by atoms with E-state index in [9.17, 15) is 13.2 Å². The van der Waals surface area contributed by atoms with Crippen LogP contribution >= 0.6 is 0 Å². The fraction of sp³-hybridized carbons (Fsp3) is 0.182. The Hall–Kier alpha value is -1.86. The highest BCUT2D eigenvalue weighted by Crippen LogP contribution is 2.18. The Bertz CT molecular complexity index is 642. The highest BCUT2D eigenvalue weighted by Gasteiger charge is 2.12. The zero-order chi connectivity index (χ0) is 13.2. The predicted molar refractivity (Wildman–Crippen MR) is 66.5 cm³/mol. The van der Waals surface area contributed by atoms with Crippen molar-refractivity contribution in [1.82, 2.24) is 5.32 Å². The molecule has 18 heavy (non-hydrogen) atoms. The fourth-order valence-corrected chi connectivity index (χ4v) is 1.87. The summed E-state index contributed by atoms with van der Waals surface area (Å²) in [6, 6.07) is 8.80. The summed E-state index contributed by atoms with van der Waals surface area (Å²) in [7, 11) is -3.57. The normalized spacial score (nSPS) is 11.6. The lowest BCUT2D eigenvalue weighted by Crippen LogP contribution is -2.31. The van der Waals surface area contributed by atoms with Crippen LogP contribution in [0.2, 0.25) is 0 Å². The number of benzene rings is 1. The minimum absolute atomic E-state index is 0.0469. The number of carbonyl (C=O) groups excluding carboxylic acids is 1. The molecule has 0 aliphatic heterocycles. The van der Waals surface area contributed by atoms with Crippen LogP contribution in [0.5, 0.6) is 0 Å². The van der Waals surface area contributed by atoms with Gasteiger partial charge >= 0.3 is 0 Å². The Morgan fingerprint density at radius 2 is 2.06 bits per heavy atom. The molecule has 0 atom stereocenters. The highest BCUT2D eigenvalue weighted by atomic mass is 32.2. The number of hydrogen-bond acceptors (Lipinski definition) is 4. The van der Waals surface area contributed by atoms with Crippen LogP contribution in [0.15, 0.2) is 34.7 Å². The predicted octanol–water partition coefficient (Wildman–Crippen LogP) is 0.451. The maximum absolute atomic E-state index is 11.7. The zero-order valence-corrected chi connectivity index (χ0v) is 10.2. The molecule has 2 aromatic rings. The average molecular weight is 268 g/mol. The summed E-state index contributed by atoms with van der Waals surface area (Å²) in [6.07, 6.45) is 0. The number of hydrogen-bond donors (Lipinski definition) is 2. The molecule has 0 fully saturated rings. The minimum Gasteiger partial charge on any atom is -0.451 e. The molecule has 1 aromatic heterocycles. The van der Waals surface area contributed by atoms with Crippen molar-refractivity contribution in [3.05, 3.63) is 36.1 Å². The standard InChI is InChI=1S/C11H12N2O4S/c12-18(15,16)6-5-13-11(14)10-7-8-3-1-2-4-9(8)17-10/h1-4,7H,5-6H2,(H,13,14)(H2,12,15,16). The van der Waals surface area contributed by atoms with Gasteiger partial charge < -0.3 is 9.73 Å². The summed E-state index contributed by atoms with van der Waals surface area (Å²) in [4.78, 5) is 11.7. The molecule has 96 valence electrons. The molecule has 0 saturated carbocycles. The van der Waals surface area contributed by atoms with E-state index in [4.69, 9.17) is 9.56 Å². The number of carbonyl (C=O) groups is 1. The van der Waals surface area contributed by atoms with Gasteiger partial charge in [0.05, 0.1) is 5.75 Å². The Morgan fingerprint density at radius 1 is 1.33 bits per heavy atom. The van der Waals surface area contributed by atoms with Gasteiger partial charge in [-0.05, 0) is 12.1 Å². The summed E-state index contributed by atoms with van der Waals surface area (Å²) in [5, 5.41) is 8.06. The molecular formula is C11H12N2O4S. The quantitative estimate of drug-likeness (QED) is 0.840. The van der Waals surface area contributed by atoms with Crippen LogP contribution in [-0.4, -0.2) is 26.6 Å². The van der Waals surface area contributed by atoms with Crippen molar-refractivity contribution in [1.29, 1.82) is 0 Å². The van der Waals surface area contributed by atoms with E-state index in [1.807, 2.05) is 12.1 Å². The first-order valence-corrected chi connectivity index (χ1v) is 6.94. The largest absolute Gasteiger partial charge is 0.451 e. The van der Waals surface area contributed by atoms with Gasteiger partial charge in [-0.2, -0.15) is 0 Å². The van der Waals surface area contributed by atoms with Crippen LogP contribution in [0.3, 0.4) is 0 Å². The van der Waals surface area contributed by atoms with Gasteiger partial charge in [0.1, 0.15) is 5.58 Å². The van der Waals surface area contributed by atoms with E-state index in [1.54, 1.807) is 18.2 Å². The topological polar surface area (TPSA) is 102 Å². The number of para-hydroxylation sites is 1. The molecule has 0 radical (unpaired) electrons. The third-order valence-electron chi connectivity index (χ3n) is 2.32. The van der Waals surface area contributed by atoms with Crippen molar-refractivity contribution in [2.75, 3.05) is 12.3 Å². The van der Waals surface area contributed by atoms with Crippen molar-refractivity contribution < 1.29 is 17.6 Å². The fourth-order valence-electron chi connectivity index (χ4n) is 1.49. The first kappa shape index (κ1) is 12.6. The Balaban J connectivity index is 2.05. The summed E-state index contributed by atoms with van der Waals surface area (Å²) < 4.78 is 26.7. The number of rotatable bonds is 4. The lowest BCUT2D eigenvalue weighted by Gasteiger charge is -2.00. The number of nitrogens with two attached hydrogens (primary N) is 1. The number of nitrogens with one attached hydrogen (secondary N) is 1. The van der Waals surface area contributed by atoms with Crippen LogP contribution in [0.1, 0.15) is 10.6 Å². The van der Waals surface area contributed by atoms with Crippen molar-refractivity contribution in [3.63, 3.8) is 0 Å². The number of furan rings is 1. The third-order valence-corrected chi connectivity index (χ3v) is 3.09. The second kappa shape index (κ2) is 4.79. The highest BCUT2D eigenvalue weighted by molar-refractivity contribution is 7.89. The third kappa shape index (κ3) is 3.08. The average Bonchev–Trinajstić information content (AvgIpc) is 2.70. The lowest BCUT2D eigenvalue weighted by molar-refractivity contribution is 0.0930. The number of sulfonamides is 1. The summed E-state index contributed by atoms with van der Waals surface area (Å²) >= 11 is 0. The molecule has 1 amide bonds. The molecule has 0 spiro atoms. The van der Waals surface area contributed by atoms with Crippen LogP contribution in [0.4, 0.5) is 0 Å². The lowest BCUT2D eigenvalue weighted by atomic mass is 10.2. The number of fused-ring (bicyclic) bond motifs is 1. The van der Waals surface area contributed by atoms with Gasteiger partial charge in [0, 0.05) is 11.9 Å². The van der Waals surface area contributed by atoms with E-state index < -0.39 is 15.9 Å². The SMILES string of the molecule is NS(=O)(=O)CCNC(=O)c1cc2ccccc2o1. The van der Waals surface area contributed by atoms with Gasteiger partial charge in [0.25, 0.3) is 5.91 Å². The van der Waals surface area contributed by atoms with Gasteiger partial charge in [-0.1, -0.05) is 18.2 Å². The van der Waals surface area contributed by atoms with Gasteiger partial charge in [-0.15, -0.1) is 0 Å². The maximum atomic E-state index is 11.7. The second-order valence-corrected chi connectivity index (χ2v) is 5.51. The van der Waals surface area contributed by atoms with Crippen molar-refractivity contribution >= 4 is 26.9 Å². The van der Waals surface area contributed by atoms with Crippen molar-refractivity contribution in [2.24, 2.45) is 5.14 Å². The summed E-state index contributed by atoms with van der Waals surface area (Å²) in [6.45, 7) is -0.0469. The van der Waals surface area contributed by atoms with E-state index >= 15 is 0 Å². The zero-order valence-electron chi connectivity index (χ0n) is 9.42. The van der Waals surface area contributed by atoms with Crippen LogP contribution in [0, 0.1) is 0 Å². The van der Waals surface area contributed by atoms with Crippen LogP contribution in [-0.2, 0) is 10.0 Å². The molecule has 0 unspecified atom stereocenters. The van der Waals surface area contributed by atoms with E-state index in [2.05, 4.69) is 5.32 Å².